The molecule has 9 heteroatoms. The van der Waals surface area contributed by atoms with Crippen molar-refractivity contribution in [3.05, 3.63) is 29.6 Å². The van der Waals surface area contributed by atoms with Gasteiger partial charge in [-0.2, -0.15) is 0 Å². The average Bonchev–Trinajstić information content (AvgIpc) is 2.73. The first-order valence-corrected chi connectivity index (χ1v) is 10.2. The van der Waals surface area contributed by atoms with Crippen LogP contribution in [0.1, 0.15) is 25.3 Å². The second kappa shape index (κ2) is 10.3. The largest absolute Gasteiger partial charge is 0.450 e. The van der Waals surface area contributed by atoms with Gasteiger partial charge in [-0.25, -0.2) is 14.2 Å². The summed E-state index contributed by atoms with van der Waals surface area (Å²) in [5, 5.41) is 3.19. The van der Waals surface area contributed by atoms with Crippen molar-refractivity contribution in [1.82, 2.24) is 10.2 Å². The van der Waals surface area contributed by atoms with Crippen molar-refractivity contribution in [3.8, 4) is 0 Å². The first-order valence-electron chi connectivity index (χ1n) is 10.2. The summed E-state index contributed by atoms with van der Waals surface area (Å²) in [7, 11) is 0. The lowest BCUT2D eigenvalue weighted by Gasteiger charge is -2.31. The van der Waals surface area contributed by atoms with E-state index in [-0.39, 0.29) is 18.0 Å². The number of likely N-dealkylation sites (tertiary alicyclic amines) is 1. The Kier molecular flexibility index (Phi) is 7.51. The lowest BCUT2D eigenvalue weighted by molar-refractivity contribution is 0.0963. The van der Waals surface area contributed by atoms with E-state index < -0.39 is 0 Å². The molecule has 8 nitrogen and oxygen atoms in total. The number of piperidine rings is 1. The summed E-state index contributed by atoms with van der Waals surface area (Å²) in [6.07, 6.45) is 1.28. The van der Waals surface area contributed by atoms with Gasteiger partial charge in [0, 0.05) is 32.2 Å². The number of carbonyl (C=O) groups excluding carboxylic acids is 1. The van der Waals surface area contributed by atoms with Crippen LogP contribution in [0.2, 0.25) is 0 Å². The van der Waals surface area contributed by atoms with Crippen molar-refractivity contribution in [2.75, 3.05) is 50.9 Å². The highest BCUT2D eigenvalue weighted by Gasteiger charge is 2.23. The monoisotopic (exact) mass is 407 g/mol. The number of guanidine groups is 1. The minimum absolute atomic E-state index is 0.157. The van der Waals surface area contributed by atoms with E-state index in [0.717, 1.165) is 18.4 Å². The van der Waals surface area contributed by atoms with E-state index in [9.17, 15) is 9.18 Å². The highest BCUT2D eigenvalue weighted by molar-refractivity contribution is 5.78. The summed E-state index contributed by atoms with van der Waals surface area (Å²) in [6.45, 7) is 6.35. The van der Waals surface area contributed by atoms with Gasteiger partial charge in [-0.3, -0.25) is 0 Å². The fourth-order valence-corrected chi connectivity index (χ4v) is 3.56. The van der Waals surface area contributed by atoms with E-state index in [1.54, 1.807) is 17.9 Å². The third kappa shape index (κ3) is 5.96. The third-order valence-corrected chi connectivity index (χ3v) is 5.17. The van der Waals surface area contributed by atoms with Gasteiger partial charge < -0.3 is 30.3 Å². The zero-order valence-corrected chi connectivity index (χ0v) is 16.9. The van der Waals surface area contributed by atoms with Crippen molar-refractivity contribution >= 4 is 17.7 Å². The molecule has 2 aliphatic rings. The number of nitrogens with one attached hydrogen (secondary N) is 1. The molecule has 0 radical (unpaired) electrons. The molecule has 0 saturated carbocycles. The zero-order chi connectivity index (χ0) is 20.6. The molecule has 1 aromatic rings. The van der Waals surface area contributed by atoms with Gasteiger partial charge in [0.2, 0.25) is 0 Å². The first kappa shape index (κ1) is 21.2. The summed E-state index contributed by atoms with van der Waals surface area (Å²) in [6, 6.07) is 5.34. The second-order valence-electron chi connectivity index (χ2n) is 7.19. The number of nitrogens with zero attached hydrogens (tertiary/aromatic N) is 3. The van der Waals surface area contributed by atoms with Crippen LogP contribution in [0.3, 0.4) is 0 Å². The highest BCUT2D eigenvalue weighted by Crippen LogP contribution is 2.22. The van der Waals surface area contributed by atoms with E-state index in [4.69, 9.17) is 15.2 Å². The molecule has 29 heavy (non-hydrogen) atoms. The Labute approximate surface area is 170 Å². The topological polar surface area (TPSA) is 92.4 Å². The van der Waals surface area contributed by atoms with Crippen LogP contribution in [0, 0.1) is 5.82 Å². The summed E-state index contributed by atoms with van der Waals surface area (Å²) < 4.78 is 24.8. The molecule has 0 aliphatic carbocycles. The van der Waals surface area contributed by atoms with E-state index in [0.29, 0.717) is 64.2 Å². The molecule has 3 N–H and O–H groups in total. The van der Waals surface area contributed by atoms with Crippen LogP contribution in [-0.4, -0.2) is 69.0 Å². The number of aliphatic imine (C=N–C) groups is 1. The molecule has 2 heterocycles. The van der Waals surface area contributed by atoms with Gasteiger partial charge >= 0.3 is 6.09 Å². The molecule has 1 amide bonds. The molecule has 0 spiro atoms. The molecule has 0 bridgehead atoms. The second-order valence-corrected chi connectivity index (χ2v) is 7.19. The molecule has 1 aromatic carbocycles. The molecule has 2 fully saturated rings. The molecule has 0 unspecified atom stereocenters. The molecular formula is C20H30FN5O3. The Morgan fingerprint density at radius 2 is 2.03 bits per heavy atom. The standard InChI is InChI=1S/C20H30FN5O3/c1-2-29-20(27)26-7-5-16(6-8-26)24-19(22)23-14-15-3-4-18(17(21)13-15)25-9-11-28-12-10-25/h3-4,13,16H,2,5-12,14H2,1H3,(H3,22,23,24). The van der Waals surface area contributed by atoms with Crippen LogP contribution in [0.25, 0.3) is 0 Å². The number of hydrogen-bond acceptors (Lipinski definition) is 5. The minimum atomic E-state index is -0.268. The van der Waals surface area contributed by atoms with E-state index >= 15 is 0 Å². The summed E-state index contributed by atoms with van der Waals surface area (Å²) >= 11 is 0. The Balaban J connectivity index is 1.47. The van der Waals surface area contributed by atoms with Crippen molar-refractivity contribution in [2.24, 2.45) is 10.7 Å². The Hall–Kier alpha value is -2.55. The number of anilines is 1. The van der Waals surface area contributed by atoms with Crippen LogP contribution in [0.5, 0.6) is 0 Å². The summed E-state index contributed by atoms with van der Waals surface area (Å²) in [5.41, 5.74) is 7.36. The quantitative estimate of drug-likeness (QED) is 0.570. The number of benzene rings is 1. The lowest BCUT2D eigenvalue weighted by Crippen LogP contribution is -2.48. The van der Waals surface area contributed by atoms with Gasteiger partial charge in [-0.15, -0.1) is 0 Å². The SMILES string of the molecule is CCOC(=O)N1CCC(NC(N)=NCc2ccc(N3CCOCC3)c(F)c2)CC1. The number of rotatable bonds is 5. The molecule has 2 aliphatic heterocycles. The van der Waals surface area contributed by atoms with Crippen LogP contribution >= 0.6 is 0 Å². The van der Waals surface area contributed by atoms with Crippen molar-refractivity contribution in [1.29, 1.82) is 0 Å². The molecule has 3 rings (SSSR count). The van der Waals surface area contributed by atoms with Gasteiger partial charge in [0.1, 0.15) is 5.82 Å². The van der Waals surface area contributed by atoms with E-state index in [1.165, 1.54) is 6.07 Å². The van der Waals surface area contributed by atoms with Crippen molar-refractivity contribution in [2.45, 2.75) is 32.4 Å². The smallest absolute Gasteiger partial charge is 0.409 e. The van der Waals surface area contributed by atoms with Gasteiger partial charge in [0.25, 0.3) is 0 Å². The number of carbonyl (C=O) groups is 1. The van der Waals surface area contributed by atoms with Crippen molar-refractivity contribution in [3.63, 3.8) is 0 Å². The lowest BCUT2D eigenvalue weighted by atomic mass is 10.1. The fraction of sp³-hybridized carbons (Fsp3) is 0.600. The Morgan fingerprint density at radius 1 is 1.31 bits per heavy atom. The molecule has 160 valence electrons. The summed E-state index contributed by atoms with van der Waals surface area (Å²) in [5.74, 6) is 0.0784. The van der Waals surface area contributed by atoms with Crippen LogP contribution in [0.4, 0.5) is 14.9 Å². The minimum Gasteiger partial charge on any atom is -0.450 e. The number of hydrogen-bond donors (Lipinski definition) is 2. The normalized spacial score (nSPS) is 18.6. The first-order chi connectivity index (χ1) is 14.1. The Bertz CT molecular complexity index is 716. The predicted molar refractivity (Wildman–Crippen MR) is 110 cm³/mol. The number of halogens is 1. The molecule has 0 aromatic heterocycles. The van der Waals surface area contributed by atoms with Crippen LogP contribution < -0.4 is 16.0 Å². The predicted octanol–water partition coefficient (Wildman–Crippen LogP) is 1.69. The van der Waals surface area contributed by atoms with Gasteiger partial charge in [-0.05, 0) is 37.5 Å². The zero-order valence-electron chi connectivity index (χ0n) is 16.9. The number of amides is 1. The Morgan fingerprint density at radius 3 is 2.69 bits per heavy atom. The summed E-state index contributed by atoms with van der Waals surface area (Å²) in [4.78, 5) is 19.8. The van der Waals surface area contributed by atoms with E-state index in [2.05, 4.69) is 10.3 Å². The van der Waals surface area contributed by atoms with Crippen molar-refractivity contribution < 1.29 is 18.7 Å². The number of ether oxygens (including phenoxy) is 2. The van der Waals surface area contributed by atoms with Gasteiger partial charge in [0.05, 0.1) is 32.1 Å². The van der Waals surface area contributed by atoms with Crippen LogP contribution in [0.15, 0.2) is 23.2 Å². The van der Waals surface area contributed by atoms with E-state index in [1.807, 2.05) is 11.0 Å². The molecular weight excluding hydrogens is 377 g/mol. The number of nitrogens with two attached hydrogens (primary N) is 1. The maximum atomic E-state index is 14.5. The molecule has 0 atom stereocenters. The van der Waals surface area contributed by atoms with Crippen LogP contribution in [-0.2, 0) is 16.0 Å². The highest BCUT2D eigenvalue weighted by atomic mass is 19.1. The fourth-order valence-electron chi connectivity index (χ4n) is 3.56. The van der Waals surface area contributed by atoms with Gasteiger partial charge in [0.15, 0.2) is 5.96 Å². The van der Waals surface area contributed by atoms with Gasteiger partial charge in [-0.1, -0.05) is 6.07 Å². The number of morpholine rings is 1. The third-order valence-electron chi connectivity index (χ3n) is 5.17. The molecule has 2 saturated heterocycles. The average molecular weight is 407 g/mol. The maximum Gasteiger partial charge on any atom is 0.409 e. The maximum absolute atomic E-state index is 14.5.